The Hall–Kier alpha value is -3.22. The molecule has 1 fully saturated rings. The lowest BCUT2D eigenvalue weighted by molar-refractivity contribution is 0.285. The predicted molar refractivity (Wildman–Crippen MR) is 101 cm³/mol. The summed E-state index contributed by atoms with van der Waals surface area (Å²) in [7, 11) is 1.89. The number of pyridine rings is 1. The van der Waals surface area contributed by atoms with Crippen molar-refractivity contribution < 1.29 is 4.74 Å². The molecule has 0 saturated heterocycles. The highest BCUT2D eigenvalue weighted by Gasteiger charge is 2.41. The molecule has 0 spiro atoms. The fraction of sp³-hybridized carbons (Fsp3) is 0.300. The van der Waals surface area contributed by atoms with Crippen LogP contribution in [0, 0.1) is 12.8 Å². The van der Waals surface area contributed by atoms with Crippen molar-refractivity contribution in [2.24, 2.45) is 13.0 Å². The summed E-state index contributed by atoms with van der Waals surface area (Å²) in [5.74, 6) is 2.24. The molecular weight excluding hydrogens is 340 g/mol. The second-order valence-corrected chi connectivity index (χ2v) is 7.09. The van der Waals surface area contributed by atoms with Gasteiger partial charge < -0.3 is 4.74 Å². The highest BCUT2D eigenvalue weighted by molar-refractivity contribution is 5.66. The van der Waals surface area contributed by atoms with Crippen LogP contribution < -0.4 is 4.74 Å². The molecule has 2 atom stereocenters. The van der Waals surface area contributed by atoms with Crippen LogP contribution >= 0.6 is 0 Å². The fourth-order valence-corrected chi connectivity index (χ4v) is 3.44. The van der Waals surface area contributed by atoms with E-state index in [-0.39, 0.29) is 0 Å². The first-order chi connectivity index (χ1) is 13.2. The van der Waals surface area contributed by atoms with E-state index in [9.17, 15) is 0 Å². The lowest BCUT2D eigenvalue weighted by Gasteiger charge is -2.09. The highest BCUT2D eigenvalue weighted by atomic mass is 16.5. The normalized spacial score (nSPS) is 18.7. The van der Waals surface area contributed by atoms with E-state index in [0.717, 1.165) is 28.8 Å². The molecule has 1 aliphatic rings. The maximum atomic E-state index is 6.11. The van der Waals surface area contributed by atoms with Crippen LogP contribution in [-0.2, 0) is 7.05 Å². The Morgan fingerprint density at radius 2 is 2.19 bits per heavy atom. The van der Waals surface area contributed by atoms with Crippen LogP contribution in [0.1, 0.15) is 23.9 Å². The van der Waals surface area contributed by atoms with Crippen LogP contribution in [0.4, 0.5) is 0 Å². The first-order valence-corrected chi connectivity index (χ1v) is 9.07. The van der Waals surface area contributed by atoms with Gasteiger partial charge in [-0.3, -0.25) is 4.68 Å². The lowest BCUT2D eigenvalue weighted by atomic mass is 10.2. The summed E-state index contributed by atoms with van der Waals surface area (Å²) < 4.78 is 9.80. The van der Waals surface area contributed by atoms with Crippen molar-refractivity contribution in [3.8, 4) is 17.0 Å². The molecule has 0 radical (unpaired) electrons. The van der Waals surface area contributed by atoms with Crippen molar-refractivity contribution in [3.05, 3.63) is 60.6 Å². The topological polar surface area (TPSA) is 70.1 Å². The van der Waals surface area contributed by atoms with Gasteiger partial charge in [-0.15, -0.1) is 0 Å². The van der Waals surface area contributed by atoms with Crippen LogP contribution in [0.5, 0.6) is 5.88 Å². The van der Waals surface area contributed by atoms with E-state index in [1.165, 1.54) is 0 Å². The third kappa shape index (κ3) is 3.05. The van der Waals surface area contributed by atoms with Crippen LogP contribution in [-0.4, -0.2) is 36.0 Å². The van der Waals surface area contributed by atoms with E-state index < -0.39 is 0 Å². The number of ether oxygens (including phenoxy) is 1. The SMILES string of the molecule is Cc1ncc(-c2cnn(C)c2)c(OCC2CC2c2cc3ccccn3n2)n1. The van der Waals surface area contributed by atoms with Crippen molar-refractivity contribution in [2.75, 3.05) is 6.61 Å². The Labute approximate surface area is 156 Å². The second kappa shape index (κ2) is 6.19. The summed E-state index contributed by atoms with van der Waals surface area (Å²) in [6.45, 7) is 2.50. The van der Waals surface area contributed by atoms with E-state index >= 15 is 0 Å². The van der Waals surface area contributed by atoms with Gasteiger partial charge in [0.05, 0.1) is 29.6 Å². The first-order valence-electron chi connectivity index (χ1n) is 9.07. The van der Waals surface area contributed by atoms with Gasteiger partial charge in [0, 0.05) is 43.0 Å². The van der Waals surface area contributed by atoms with Gasteiger partial charge in [0.2, 0.25) is 5.88 Å². The minimum Gasteiger partial charge on any atom is -0.477 e. The molecule has 0 bridgehead atoms. The lowest BCUT2D eigenvalue weighted by Crippen LogP contribution is -2.05. The van der Waals surface area contributed by atoms with Gasteiger partial charge >= 0.3 is 0 Å². The van der Waals surface area contributed by atoms with Crippen LogP contribution in [0.25, 0.3) is 16.6 Å². The van der Waals surface area contributed by atoms with Crippen molar-refractivity contribution in [1.29, 1.82) is 0 Å². The molecule has 4 heterocycles. The van der Waals surface area contributed by atoms with Gasteiger partial charge in [-0.2, -0.15) is 15.2 Å². The first kappa shape index (κ1) is 16.0. The second-order valence-electron chi connectivity index (χ2n) is 7.09. The molecule has 4 aromatic rings. The van der Waals surface area contributed by atoms with E-state index in [1.807, 2.05) is 43.0 Å². The number of nitrogens with zero attached hydrogens (tertiary/aromatic N) is 6. The predicted octanol–water partition coefficient (Wildman–Crippen LogP) is 3.02. The number of aryl methyl sites for hydroxylation is 2. The van der Waals surface area contributed by atoms with Gasteiger partial charge in [0.25, 0.3) is 0 Å². The summed E-state index contributed by atoms with van der Waals surface area (Å²) in [5, 5.41) is 8.92. The van der Waals surface area contributed by atoms with Crippen molar-refractivity contribution >= 4 is 5.52 Å². The molecule has 1 aliphatic carbocycles. The largest absolute Gasteiger partial charge is 0.477 e. The van der Waals surface area contributed by atoms with Gasteiger partial charge in [-0.1, -0.05) is 6.07 Å². The minimum absolute atomic E-state index is 0.453. The third-order valence-corrected chi connectivity index (χ3v) is 5.02. The average Bonchev–Trinajstić information content (AvgIpc) is 3.10. The number of aromatic nitrogens is 6. The molecule has 0 amide bonds. The average molecular weight is 360 g/mol. The van der Waals surface area contributed by atoms with Gasteiger partial charge in [0.1, 0.15) is 5.82 Å². The number of hydrogen-bond donors (Lipinski definition) is 0. The summed E-state index contributed by atoms with van der Waals surface area (Å²) >= 11 is 0. The number of rotatable bonds is 5. The fourth-order valence-electron chi connectivity index (χ4n) is 3.44. The van der Waals surface area contributed by atoms with Gasteiger partial charge in [0.15, 0.2) is 0 Å². The third-order valence-electron chi connectivity index (χ3n) is 5.02. The van der Waals surface area contributed by atoms with Crippen LogP contribution in [0.2, 0.25) is 0 Å². The van der Waals surface area contributed by atoms with E-state index in [1.54, 1.807) is 17.1 Å². The Kier molecular flexibility index (Phi) is 3.67. The zero-order chi connectivity index (χ0) is 18.4. The molecule has 0 aliphatic heterocycles. The molecule has 136 valence electrons. The molecule has 1 saturated carbocycles. The van der Waals surface area contributed by atoms with Crippen LogP contribution in [0.15, 0.2) is 49.1 Å². The Balaban J connectivity index is 1.31. The van der Waals surface area contributed by atoms with E-state index in [0.29, 0.717) is 30.1 Å². The smallest absolute Gasteiger partial charge is 0.224 e. The van der Waals surface area contributed by atoms with E-state index in [4.69, 9.17) is 4.74 Å². The molecule has 0 N–H and O–H groups in total. The number of hydrogen-bond acceptors (Lipinski definition) is 5. The zero-order valence-electron chi connectivity index (χ0n) is 15.3. The molecule has 7 heteroatoms. The summed E-state index contributed by atoms with van der Waals surface area (Å²) in [6, 6.07) is 8.27. The van der Waals surface area contributed by atoms with Crippen molar-refractivity contribution in [2.45, 2.75) is 19.3 Å². The molecule has 2 unspecified atom stereocenters. The minimum atomic E-state index is 0.453. The monoisotopic (exact) mass is 360 g/mol. The summed E-state index contributed by atoms with van der Waals surface area (Å²) in [4.78, 5) is 8.82. The maximum Gasteiger partial charge on any atom is 0.224 e. The molecule has 7 nitrogen and oxygen atoms in total. The summed E-state index contributed by atoms with van der Waals surface area (Å²) in [5.41, 5.74) is 4.10. The quantitative estimate of drug-likeness (QED) is 0.547. The summed E-state index contributed by atoms with van der Waals surface area (Å²) in [6.07, 6.45) is 8.63. The van der Waals surface area contributed by atoms with E-state index in [2.05, 4.69) is 32.3 Å². The van der Waals surface area contributed by atoms with Crippen LogP contribution in [0.3, 0.4) is 0 Å². The Morgan fingerprint density at radius 1 is 1.26 bits per heavy atom. The maximum absolute atomic E-state index is 6.11. The molecule has 27 heavy (non-hydrogen) atoms. The molecule has 0 aromatic carbocycles. The number of fused-ring (bicyclic) bond motifs is 1. The Bertz CT molecular complexity index is 1080. The molecule has 4 aromatic heterocycles. The highest BCUT2D eigenvalue weighted by Crippen LogP contribution is 2.47. The Morgan fingerprint density at radius 3 is 3.00 bits per heavy atom. The van der Waals surface area contributed by atoms with Crippen molar-refractivity contribution in [1.82, 2.24) is 29.4 Å². The van der Waals surface area contributed by atoms with Gasteiger partial charge in [-0.05, 0) is 31.5 Å². The van der Waals surface area contributed by atoms with Gasteiger partial charge in [-0.25, -0.2) is 9.50 Å². The molecular formula is C20H20N6O. The zero-order valence-corrected chi connectivity index (χ0v) is 15.3. The molecule has 5 rings (SSSR count). The van der Waals surface area contributed by atoms with Crippen molar-refractivity contribution in [3.63, 3.8) is 0 Å². The standard InChI is InChI=1S/C20H20N6O/c1-13-21-10-18(15-9-22-25(2)11-15)20(23-13)27-12-14-7-17(14)19-8-16-5-3-4-6-26(16)24-19/h3-6,8-11,14,17H,7,12H2,1-2H3.